The van der Waals surface area contributed by atoms with Gasteiger partial charge in [-0.25, -0.2) is 8.42 Å². The van der Waals surface area contributed by atoms with Gasteiger partial charge in [0, 0.05) is 5.56 Å². The molecule has 0 aliphatic heterocycles. The van der Waals surface area contributed by atoms with Crippen LogP contribution in [0.3, 0.4) is 0 Å². The molecule has 4 aromatic carbocycles. The third kappa shape index (κ3) is 4.75. The van der Waals surface area contributed by atoms with Crippen LogP contribution in [0.1, 0.15) is 15.9 Å². The van der Waals surface area contributed by atoms with Crippen molar-refractivity contribution in [3.63, 3.8) is 0 Å². The zero-order chi connectivity index (χ0) is 24.3. The molecule has 0 aromatic heterocycles. The summed E-state index contributed by atoms with van der Waals surface area (Å²) in [5.74, 6) is -0.531. The fraction of sp³-hybridized carbons (Fsp3) is 0. The summed E-state index contributed by atoms with van der Waals surface area (Å²) in [6.07, 6.45) is 0. The van der Waals surface area contributed by atoms with Gasteiger partial charge in [0.05, 0.1) is 20.4 Å². The summed E-state index contributed by atoms with van der Waals surface area (Å²) in [7, 11) is -8.31. The van der Waals surface area contributed by atoms with Gasteiger partial charge in [-0.05, 0) is 48.5 Å². The van der Waals surface area contributed by atoms with E-state index in [0.717, 1.165) is 24.3 Å². The molecule has 0 unspecified atom stereocenters. The Bertz CT molecular complexity index is 1560. The van der Waals surface area contributed by atoms with E-state index in [0.29, 0.717) is 5.56 Å². The van der Waals surface area contributed by atoms with Gasteiger partial charge in [-0.3, -0.25) is 4.79 Å². The molecule has 0 aliphatic rings. The lowest BCUT2D eigenvalue weighted by molar-refractivity contribution is 0.103. The van der Waals surface area contributed by atoms with Crippen molar-refractivity contribution in [2.45, 2.75) is 14.7 Å². The first kappa shape index (κ1) is 23.7. The van der Waals surface area contributed by atoms with E-state index in [1.54, 1.807) is 54.6 Å². The summed E-state index contributed by atoms with van der Waals surface area (Å²) >= 11 is 6.01. The van der Waals surface area contributed by atoms with Gasteiger partial charge >= 0.3 is 10.1 Å². The highest BCUT2D eigenvalue weighted by atomic mass is 35.5. The lowest BCUT2D eigenvalue weighted by atomic mass is 10.0. The lowest BCUT2D eigenvalue weighted by Crippen LogP contribution is -2.13. The molecule has 172 valence electrons. The van der Waals surface area contributed by atoms with E-state index < -0.39 is 25.7 Å². The summed E-state index contributed by atoms with van der Waals surface area (Å²) < 4.78 is 56.8. The molecule has 34 heavy (non-hydrogen) atoms. The molecule has 0 atom stereocenters. The summed E-state index contributed by atoms with van der Waals surface area (Å²) in [5.41, 5.74) is 0.459. The maximum Gasteiger partial charge on any atom is 0.339 e. The van der Waals surface area contributed by atoms with Crippen LogP contribution in [0.2, 0.25) is 5.02 Å². The highest BCUT2D eigenvalue weighted by molar-refractivity contribution is 7.91. The number of benzene rings is 4. The molecular weight excluding hydrogens is 496 g/mol. The SMILES string of the molecule is O=C(c1ccccc1)c1ccccc1OS(=O)(=O)c1ccc(S(=O)(=O)c2ccccc2Cl)cc1. The van der Waals surface area contributed by atoms with Crippen molar-refractivity contribution in [3.05, 3.63) is 119 Å². The first-order valence-corrected chi connectivity index (χ1v) is 13.2. The van der Waals surface area contributed by atoms with Crippen LogP contribution < -0.4 is 4.18 Å². The van der Waals surface area contributed by atoms with Crippen molar-refractivity contribution < 1.29 is 25.8 Å². The Balaban J connectivity index is 1.64. The third-order valence-corrected chi connectivity index (χ3v) is 8.43. The van der Waals surface area contributed by atoms with Crippen LogP contribution in [0.4, 0.5) is 0 Å². The number of hydrogen-bond donors (Lipinski definition) is 0. The van der Waals surface area contributed by atoms with Crippen LogP contribution in [-0.2, 0) is 20.0 Å². The molecule has 0 bridgehead atoms. The Morgan fingerprint density at radius 2 is 1.21 bits per heavy atom. The summed E-state index contributed by atoms with van der Waals surface area (Å²) in [6, 6.07) is 24.9. The quantitative estimate of drug-likeness (QED) is 0.250. The van der Waals surface area contributed by atoms with Crippen LogP contribution in [0.15, 0.2) is 118 Å². The number of hydrogen-bond acceptors (Lipinski definition) is 6. The standard InChI is InChI=1S/C25H17ClO6S2/c26-22-11-5-7-13-24(22)33(28,29)19-14-16-20(17-15-19)34(30,31)32-23-12-6-4-10-21(23)25(27)18-8-2-1-3-9-18/h1-17H. The minimum atomic E-state index is -4.36. The van der Waals surface area contributed by atoms with Crippen molar-refractivity contribution in [2.24, 2.45) is 0 Å². The van der Waals surface area contributed by atoms with Crippen LogP contribution >= 0.6 is 11.6 Å². The van der Waals surface area contributed by atoms with Gasteiger partial charge in [-0.15, -0.1) is 0 Å². The van der Waals surface area contributed by atoms with Crippen molar-refractivity contribution >= 4 is 37.3 Å². The predicted octanol–water partition coefficient (Wildman–Crippen LogP) is 5.17. The molecule has 4 rings (SSSR count). The number of carbonyl (C=O) groups excluding carboxylic acids is 1. The van der Waals surface area contributed by atoms with Gasteiger partial charge in [0.15, 0.2) is 11.5 Å². The molecule has 0 saturated carbocycles. The summed E-state index contributed by atoms with van der Waals surface area (Å²) in [6.45, 7) is 0. The average molecular weight is 513 g/mol. The topological polar surface area (TPSA) is 94.6 Å². The maximum atomic E-state index is 12.9. The van der Waals surface area contributed by atoms with Gasteiger partial charge in [0.1, 0.15) is 4.90 Å². The van der Waals surface area contributed by atoms with Gasteiger partial charge < -0.3 is 4.18 Å². The highest BCUT2D eigenvalue weighted by Crippen LogP contribution is 2.29. The van der Waals surface area contributed by atoms with Crippen LogP contribution in [0.5, 0.6) is 5.75 Å². The van der Waals surface area contributed by atoms with Gasteiger partial charge in [-0.2, -0.15) is 8.42 Å². The van der Waals surface area contributed by atoms with Crippen LogP contribution in [-0.4, -0.2) is 22.6 Å². The second-order valence-electron chi connectivity index (χ2n) is 7.13. The zero-order valence-electron chi connectivity index (χ0n) is 17.5. The number of rotatable bonds is 7. The minimum absolute atomic E-state index is 0.0576. The zero-order valence-corrected chi connectivity index (χ0v) is 19.8. The molecule has 0 saturated heterocycles. The van der Waals surface area contributed by atoms with E-state index in [9.17, 15) is 21.6 Å². The number of ketones is 1. The van der Waals surface area contributed by atoms with E-state index in [2.05, 4.69) is 0 Å². The molecule has 9 heteroatoms. The van der Waals surface area contributed by atoms with E-state index in [-0.39, 0.29) is 31.0 Å². The number of sulfone groups is 1. The van der Waals surface area contributed by atoms with Crippen molar-refractivity contribution in [3.8, 4) is 5.75 Å². The molecule has 4 aromatic rings. The van der Waals surface area contributed by atoms with E-state index in [4.69, 9.17) is 15.8 Å². The van der Waals surface area contributed by atoms with Crippen LogP contribution in [0, 0.1) is 0 Å². The van der Waals surface area contributed by atoms with E-state index in [1.807, 2.05) is 0 Å². The molecule has 0 aliphatic carbocycles. The smallest absolute Gasteiger partial charge is 0.339 e. The molecule has 0 fully saturated rings. The largest absolute Gasteiger partial charge is 0.378 e. The number of halogens is 1. The molecule has 0 amide bonds. The molecule has 0 N–H and O–H groups in total. The predicted molar refractivity (Wildman–Crippen MR) is 127 cm³/mol. The second kappa shape index (κ2) is 9.42. The van der Waals surface area contributed by atoms with E-state index >= 15 is 0 Å². The van der Waals surface area contributed by atoms with Gasteiger partial charge in [0.25, 0.3) is 0 Å². The molecular formula is C25H17ClO6S2. The Labute approximate surface area is 202 Å². The van der Waals surface area contributed by atoms with E-state index in [1.165, 1.54) is 24.3 Å². The van der Waals surface area contributed by atoms with Crippen molar-refractivity contribution in [2.75, 3.05) is 0 Å². The third-order valence-electron chi connectivity index (χ3n) is 4.92. The minimum Gasteiger partial charge on any atom is -0.378 e. The Morgan fingerprint density at radius 1 is 0.647 bits per heavy atom. The fourth-order valence-electron chi connectivity index (χ4n) is 3.21. The first-order chi connectivity index (χ1) is 16.2. The first-order valence-electron chi connectivity index (χ1n) is 9.93. The van der Waals surface area contributed by atoms with Gasteiger partial charge in [-0.1, -0.05) is 66.2 Å². The Kier molecular flexibility index (Phi) is 6.56. The number of para-hydroxylation sites is 1. The molecule has 0 spiro atoms. The van der Waals surface area contributed by atoms with Crippen molar-refractivity contribution in [1.82, 2.24) is 0 Å². The Morgan fingerprint density at radius 3 is 1.88 bits per heavy atom. The molecule has 0 radical (unpaired) electrons. The van der Waals surface area contributed by atoms with Gasteiger partial charge in [0.2, 0.25) is 9.84 Å². The normalized spacial score (nSPS) is 11.7. The molecule has 0 heterocycles. The summed E-state index contributed by atoms with van der Waals surface area (Å²) in [5, 5.41) is 0.0576. The monoisotopic (exact) mass is 512 g/mol. The Hall–Kier alpha value is -3.46. The summed E-state index contributed by atoms with van der Waals surface area (Å²) in [4.78, 5) is 12.4. The second-order valence-corrected chi connectivity index (χ2v) is 11.0. The number of carbonyl (C=O) groups is 1. The fourth-order valence-corrected chi connectivity index (χ4v) is 5.93. The van der Waals surface area contributed by atoms with Crippen molar-refractivity contribution in [1.29, 1.82) is 0 Å². The molecule has 6 nitrogen and oxygen atoms in total. The van der Waals surface area contributed by atoms with Crippen LogP contribution in [0.25, 0.3) is 0 Å². The average Bonchev–Trinajstić information content (AvgIpc) is 2.84. The maximum absolute atomic E-state index is 12.9. The highest BCUT2D eigenvalue weighted by Gasteiger charge is 2.24. The lowest BCUT2D eigenvalue weighted by Gasteiger charge is -2.12.